The molecule has 2 aliphatic heterocycles. The van der Waals surface area contributed by atoms with Crippen molar-refractivity contribution in [2.24, 2.45) is 0 Å². The Balaban J connectivity index is 0.773. The normalized spacial score (nSPS) is 13.1. The Kier molecular flexibility index (Phi) is 12.8. The predicted molar refractivity (Wildman–Crippen MR) is 397 cm³/mol. The van der Waals surface area contributed by atoms with E-state index in [4.69, 9.17) is 29.9 Å². The number of para-hydroxylation sites is 4. The second-order valence-electron chi connectivity index (χ2n) is 25.8. The Morgan fingerprint density at radius 2 is 0.722 bits per heavy atom. The maximum absolute atomic E-state index is 5.62. The van der Waals surface area contributed by atoms with Gasteiger partial charge >= 0.3 is 0 Å². The van der Waals surface area contributed by atoms with Crippen LogP contribution < -0.4 is 26.2 Å². The lowest BCUT2D eigenvalue weighted by Gasteiger charge is -2.44. The molecule has 0 radical (unpaired) electrons. The molecule has 3 aromatic heterocycles. The van der Waals surface area contributed by atoms with Crippen molar-refractivity contribution in [2.45, 2.75) is 19.3 Å². The number of nitrogens with zero attached hydrogens (tertiary/aromatic N) is 9. The number of rotatable bonds is 10. The molecule has 9 nitrogen and oxygen atoms in total. The lowest BCUT2D eigenvalue weighted by molar-refractivity contribution is 0.661. The summed E-state index contributed by atoms with van der Waals surface area (Å²) < 4.78 is 2.41. The summed E-state index contributed by atoms with van der Waals surface area (Å²) >= 11 is 0. The largest absolute Gasteiger partial charge is 0.311 e. The first kappa shape index (κ1) is 55.9. The maximum Gasteiger partial charge on any atom is 0.252 e. The van der Waals surface area contributed by atoms with Crippen molar-refractivity contribution in [3.05, 3.63) is 327 Å². The lowest BCUT2D eigenvalue weighted by Crippen LogP contribution is -2.61. The highest BCUT2D eigenvalue weighted by molar-refractivity contribution is 7.00. The van der Waals surface area contributed by atoms with Crippen molar-refractivity contribution in [1.82, 2.24) is 34.5 Å². The van der Waals surface area contributed by atoms with E-state index in [2.05, 4.69) is 265 Å². The maximum atomic E-state index is 5.62. The third-order valence-electron chi connectivity index (χ3n) is 19.9. The third kappa shape index (κ3) is 9.09. The van der Waals surface area contributed by atoms with Gasteiger partial charge in [0.15, 0.2) is 34.9 Å². The summed E-state index contributed by atoms with van der Waals surface area (Å²) in [5.41, 5.74) is 25.9. The van der Waals surface area contributed by atoms with Gasteiger partial charge in [-0.05, 0) is 141 Å². The van der Waals surface area contributed by atoms with E-state index in [1.165, 1.54) is 61.4 Å². The molecule has 97 heavy (non-hydrogen) atoms. The molecule has 10 heteroatoms. The molecule has 16 aromatic rings. The summed E-state index contributed by atoms with van der Waals surface area (Å²) in [5, 5.41) is 2.31. The Hall–Kier alpha value is -12.7. The van der Waals surface area contributed by atoms with Gasteiger partial charge in [-0.1, -0.05) is 238 Å². The van der Waals surface area contributed by atoms with Gasteiger partial charge in [0, 0.05) is 83.7 Å². The summed E-state index contributed by atoms with van der Waals surface area (Å²) in [6.45, 7) is 4.75. The van der Waals surface area contributed by atoms with E-state index in [0.29, 0.717) is 34.9 Å². The van der Waals surface area contributed by atoms with Crippen molar-refractivity contribution < 1.29 is 0 Å². The molecule has 0 amide bonds. The molecule has 0 spiro atoms. The quantitative estimate of drug-likeness (QED) is 0.125. The van der Waals surface area contributed by atoms with Crippen LogP contribution >= 0.6 is 0 Å². The first-order chi connectivity index (χ1) is 47.9. The van der Waals surface area contributed by atoms with Gasteiger partial charge in [0.25, 0.3) is 6.71 Å². The van der Waals surface area contributed by atoms with Crippen molar-refractivity contribution >= 4 is 79.0 Å². The monoisotopic (exact) mass is 1240 g/mol. The highest BCUT2D eigenvalue weighted by Crippen LogP contribution is 2.52. The van der Waals surface area contributed by atoms with Crippen LogP contribution in [0.2, 0.25) is 0 Å². The summed E-state index contributed by atoms with van der Waals surface area (Å²) in [4.78, 5) is 37.0. The lowest BCUT2D eigenvalue weighted by atomic mass is 9.33. The zero-order valence-electron chi connectivity index (χ0n) is 53.1. The van der Waals surface area contributed by atoms with E-state index in [9.17, 15) is 0 Å². The molecule has 0 unspecified atom stereocenters. The van der Waals surface area contributed by atoms with Gasteiger partial charge in [-0.25, -0.2) is 29.9 Å². The molecule has 0 N–H and O–H groups in total. The summed E-state index contributed by atoms with van der Waals surface area (Å²) in [6.07, 6.45) is 0. The minimum Gasteiger partial charge on any atom is -0.311 e. The number of anilines is 6. The number of hydrogen-bond acceptors (Lipinski definition) is 8. The highest BCUT2D eigenvalue weighted by Gasteiger charge is 2.43. The summed E-state index contributed by atoms with van der Waals surface area (Å²) in [6, 6.07) is 112. The fourth-order valence-electron chi connectivity index (χ4n) is 15.4. The zero-order chi connectivity index (χ0) is 64.3. The van der Waals surface area contributed by atoms with Crippen LogP contribution in [0.1, 0.15) is 25.0 Å². The number of aromatic nitrogens is 7. The van der Waals surface area contributed by atoms with Gasteiger partial charge in [0.05, 0.1) is 16.7 Å². The molecule has 0 bridgehead atoms. The molecule has 0 fully saturated rings. The molecule has 0 saturated heterocycles. The SMILES string of the molecule is CC1(C)c2ccccc2-c2cc3c4ccccc4n(-c4ccc(-c5nc(-c6ccccc6)nc(-c6ccccc6)n5)cc4-c4nc(-c5ccccc5)nc(-c5cccc(-c6ccc(N7c8ccccc8B8c9ccccc9N(c9ccccc9)c9cccc7c98)cc6)c5)n4)c3cc21. The summed E-state index contributed by atoms with van der Waals surface area (Å²) in [7, 11) is 0. The average molecular weight is 1240 g/mol. The van der Waals surface area contributed by atoms with Gasteiger partial charge in [-0.2, -0.15) is 0 Å². The Labute approximate surface area is 562 Å². The van der Waals surface area contributed by atoms with E-state index >= 15 is 0 Å². The first-order valence-electron chi connectivity index (χ1n) is 33.0. The number of benzene rings is 13. The number of hydrogen-bond donors (Lipinski definition) is 0. The molecule has 454 valence electrons. The second kappa shape index (κ2) is 22.3. The van der Waals surface area contributed by atoms with E-state index in [1.54, 1.807) is 0 Å². The first-order valence-corrected chi connectivity index (χ1v) is 33.0. The molecule has 3 aliphatic rings. The molecule has 1 aliphatic carbocycles. The van der Waals surface area contributed by atoms with Crippen molar-refractivity contribution in [2.75, 3.05) is 9.80 Å². The fraction of sp³-hybridized carbons (Fsp3) is 0.0345. The minimum absolute atomic E-state index is 0.0586. The summed E-state index contributed by atoms with van der Waals surface area (Å²) in [5.74, 6) is 3.25. The van der Waals surface area contributed by atoms with Crippen LogP contribution in [0.15, 0.2) is 315 Å². The average Bonchev–Trinajstić information content (AvgIpc) is 1.05. The molecular formula is C87H58BN9. The van der Waals surface area contributed by atoms with Crippen LogP contribution in [0.4, 0.5) is 34.1 Å². The molecule has 0 saturated carbocycles. The van der Waals surface area contributed by atoms with E-state index in [0.717, 1.165) is 83.4 Å². The van der Waals surface area contributed by atoms with E-state index in [-0.39, 0.29) is 12.1 Å². The minimum atomic E-state index is -0.241. The third-order valence-corrected chi connectivity index (χ3v) is 19.9. The molecule has 13 aromatic carbocycles. The topological polar surface area (TPSA) is 88.7 Å². The van der Waals surface area contributed by atoms with Crippen LogP contribution in [0.25, 0.3) is 118 Å². The van der Waals surface area contributed by atoms with Gasteiger partial charge in [-0.3, -0.25) is 0 Å². The second-order valence-corrected chi connectivity index (χ2v) is 25.8. The molecular weight excluding hydrogens is 1180 g/mol. The Bertz CT molecular complexity index is 5760. The molecule has 19 rings (SSSR count). The molecule has 0 atom stereocenters. The van der Waals surface area contributed by atoms with E-state index < -0.39 is 0 Å². The fourth-order valence-corrected chi connectivity index (χ4v) is 15.4. The van der Waals surface area contributed by atoms with Crippen molar-refractivity contribution in [3.63, 3.8) is 0 Å². The predicted octanol–water partition coefficient (Wildman–Crippen LogP) is 19.2. The smallest absolute Gasteiger partial charge is 0.252 e. The van der Waals surface area contributed by atoms with Crippen molar-refractivity contribution in [1.29, 1.82) is 0 Å². The van der Waals surface area contributed by atoms with Gasteiger partial charge < -0.3 is 14.4 Å². The molecule has 5 heterocycles. The van der Waals surface area contributed by atoms with Crippen LogP contribution in [-0.4, -0.2) is 41.2 Å². The Morgan fingerprint density at radius 3 is 1.34 bits per heavy atom. The van der Waals surface area contributed by atoms with Crippen molar-refractivity contribution in [3.8, 4) is 96.3 Å². The highest BCUT2D eigenvalue weighted by atomic mass is 15.2. The van der Waals surface area contributed by atoms with E-state index in [1.807, 2.05) is 78.9 Å². The standard InChI is InChI=1S/C87H58BN9/c1-87(2)69-37-17-15-35-64(69)66-53-67-65-36-16-20-40-73(65)97(79(67)54-70(66)87)74-50-47-61(85-90-81(56-25-7-3-8-26-56)89-82(91-85)57-27-9-4-10-28-57)52-68(74)86-93-83(58-29-11-5-12-30-58)92-84(94-86)60-32-23-31-59(51-60)55-45-48-63(49-46-55)96-76-42-22-19-39-72(76)88-71-38-18-21-41-75(71)95(62-33-13-6-14-34-62)77-43-24-44-78(96)80(77)88/h3-54H,1-2H3. The van der Waals surface area contributed by atoms with Gasteiger partial charge in [0.1, 0.15) is 0 Å². The van der Waals surface area contributed by atoms with Crippen LogP contribution in [0.3, 0.4) is 0 Å². The van der Waals surface area contributed by atoms with Gasteiger partial charge in [-0.15, -0.1) is 0 Å². The Morgan fingerprint density at radius 1 is 0.268 bits per heavy atom. The van der Waals surface area contributed by atoms with Crippen LogP contribution in [-0.2, 0) is 5.41 Å². The van der Waals surface area contributed by atoms with Crippen LogP contribution in [0.5, 0.6) is 0 Å². The zero-order valence-corrected chi connectivity index (χ0v) is 53.1. The van der Waals surface area contributed by atoms with Crippen LogP contribution in [0, 0.1) is 0 Å². The number of fused-ring (bicyclic) bond motifs is 10. The van der Waals surface area contributed by atoms with Gasteiger partial charge in [0.2, 0.25) is 0 Å².